The van der Waals surface area contributed by atoms with E-state index in [0.717, 1.165) is 5.69 Å². The molecular weight excluding hydrogens is 344 g/mol. The molecule has 0 fully saturated rings. The van der Waals surface area contributed by atoms with Gasteiger partial charge in [-0.05, 0) is 29.6 Å². The summed E-state index contributed by atoms with van der Waals surface area (Å²) in [6, 6.07) is 23.5. The van der Waals surface area contributed by atoms with Crippen LogP contribution in [0.25, 0.3) is 5.69 Å². The van der Waals surface area contributed by atoms with E-state index >= 15 is 0 Å². The Balaban J connectivity index is 1.84. The topological polar surface area (TPSA) is 52.0 Å². The van der Waals surface area contributed by atoms with E-state index in [2.05, 4.69) is 5.10 Å². The quantitative estimate of drug-likeness (QED) is 0.497. The number of ketones is 2. The molecule has 0 unspecified atom stereocenters. The van der Waals surface area contributed by atoms with Gasteiger partial charge < -0.3 is 0 Å². The molecule has 0 aliphatic rings. The van der Waals surface area contributed by atoms with Crippen molar-refractivity contribution in [3.8, 4) is 5.69 Å². The lowest BCUT2D eigenvalue weighted by Gasteiger charge is -2.06. The Morgan fingerprint density at radius 1 is 0.808 bits per heavy atom. The average Bonchev–Trinajstić information content (AvgIpc) is 3.38. The first-order valence-electron chi connectivity index (χ1n) is 8.07. The van der Waals surface area contributed by atoms with Gasteiger partial charge in [0.25, 0.3) is 0 Å². The number of hydrogen-bond donors (Lipinski definition) is 0. The molecule has 2 heterocycles. The van der Waals surface area contributed by atoms with Gasteiger partial charge in [-0.1, -0.05) is 54.6 Å². The summed E-state index contributed by atoms with van der Waals surface area (Å²) in [5, 5.41) is 6.28. The Bertz CT molecular complexity index is 1050. The predicted octanol–water partition coefficient (Wildman–Crippen LogP) is 4.40. The van der Waals surface area contributed by atoms with Gasteiger partial charge in [0.1, 0.15) is 11.4 Å². The second-order valence-corrected chi connectivity index (χ2v) is 6.61. The van der Waals surface area contributed by atoms with E-state index in [1.165, 1.54) is 16.0 Å². The molecule has 2 aromatic carbocycles. The SMILES string of the molecule is O=C(c1cc(C(=O)c2ccccc2)n(-c2ccccc2)n1)c1cccs1. The van der Waals surface area contributed by atoms with Crippen molar-refractivity contribution in [1.29, 1.82) is 0 Å². The molecule has 5 heteroatoms. The highest BCUT2D eigenvalue weighted by Crippen LogP contribution is 2.20. The van der Waals surface area contributed by atoms with E-state index in [4.69, 9.17) is 0 Å². The fraction of sp³-hybridized carbons (Fsp3) is 0. The first-order chi connectivity index (χ1) is 12.7. The van der Waals surface area contributed by atoms with Crippen LogP contribution in [0.2, 0.25) is 0 Å². The predicted molar refractivity (Wildman–Crippen MR) is 101 cm³/mol. The standard InChI is InChI=1S/C21H14N2O2S/c24-20(15-8-3-1-4-9-15)18-14-17(21(25)19-12-7-13-26-19)22-23(18)16-10-5-2-6-11-16/h1-14H. The van der Waals surface area contributed by atoms with Gasteiger partial charge in [-0.15, -0.1) is 11.3 Å². The molecule has 0 atom stereocenters. The highest BCUT2D eigenvalue weighted by molar-refractivity contribution is 7.12. The zero-order valence-corrected chi connectivity index (χ0v) is 14.5. The Kier molecular flexibility index (Phi) is 4.29. The van der Waals surface area contributed by atoms with Gasteiger partial charge in [-0.3, -0.25) is 9.59 Å². The van der Waals surface area contributed by atoms with Crippen molar-refractivity contribution in [2.75, 3.05) is 0 Å². The molecule has 0 saturated heterocycles. The molecule has 0 spiro atoms. The first-order valence-corrected chi connectivity index (χ1v) is 8.95. The first kappa shape index (κ1) is 16.2. The van der Waals surface area contributed by atoms with Gasteiger partial charge >= 0.3 is 0 Å². The molecule has 4 nitrogen and oxygen atoms in total. The lowest BCUT2D eigenvalue weighted by atomic mass is 10.1. The van der Waals surface area contributed by atoms with E-state index in [0.29, 0.717) is 16.1 Å². The van der Waals surface area contributed by atoms with E-state index in [1.54, 1.807) is 24.3 Å². The van der Waals surface area contributed by atoms with Gasteiger partial charge in [-0.2, -0.15) is 5.10 Å². The van der Waals surface area contributed by atoms with Crippen molar-refractivity contribution in [2.24, 2.45) is 0 Å². The number of carbonyl (C=O) groups excluding carboxylic acids is 2. The number of benzene rings is 2. The number of carbonyl (C=O) groups is 2. The highest BCUT2D eigenvalue weighted by atomic mass is 32.1. The van der Waals surface area contributed by atoms with Crippen LogP contribution in [0.5, 0.6) is 0 Å². The number of hydrogen-bond acceptors (Lipinski definition) is 4. The average molecular weight is 358 g/mol. The van der Waals surface area contributed by atoms with Crippen molar-refractivity contribution in [3.63, 3.8) is 0 Å². The number of para-hydroxylation sites is 1. The second kappa shape index (κ2) is 6.90. The van der Waals surface area contributed by atoms with E-state index in [9.17, 15) is 9.59 Å². The lowest BCUT2D eigenvalue weighted by Crippen LogP contribution is -2.10. The molecule has 4 rings (SSSR count). The van der Waals surface area contributed by atoms with Gasteiger partial charge in [0.2, 0.25) is 11.6 Å². The fourth-order valence-electron chi connectivity index (χ4n) is 2.69. The maximum Gasteiger partial charge on any atom is 0.223 e. The summed E-state index contributed by atoms with van der Waals surface area (Å²) < 4.78 is 1.54. The zero-order chi connectivity index (χ0) is 17.9. The number of thiophene rings is 1. The van der Waals surface area contributed by atoms with Crippen molar-refractivity contribution < 1.29 is 9.59 Å². The Labute approximate surface area is 154 Å². The Morgan fingerprint density at radius 2 is 1.50 bits per heavy atom. The maximum atomic E-state index is 13.0. The third-order valence-electron chi connectivity index (χ3n) is 3.96. The van der Waals surface area contributed by atoms with E-state index in [1.807, 2.05) is 60.0 Å². The van der Waals surface area contributed by atoms with Crippen LogP contribution in [0.3, 0.4) is 0 Å². The van der Waals surface area contributed by atoms with Crippen molar-refractivity contribution in [2.45, 2.75) is 0 Å². The zero-order valence-electron chi connectivity index (χ0n) is 13.7. The summed E-state index contributed by atoms with van der Waals surface area (Å²) in [5.41, 5.74) is 1.91. The van der Waals surface area contributed by atoms with E-state index in [-0.39, 0.29) is 17.3 Å². The molecule has 4 aromatic rings. The van der Waals surface area contributed by atoms with Crippen LogP contribution in [0, 0.1) is 0 Å². The van der Waals surface area contributed by atoms with Crippen LogP contribution < -0.4 is 0 Å². The van der Waals surface area contributed by atoms with Gasteiger partial charge in [0.05, 0.1) is 10.6 Å². The summed E-state index contributed by atoms with van der Waals surface area (Å²) in [7, 11) is 0. The summed E-state index contributed by atoms with van der Waals surface area (Å²) in [6.45, 7) is 0. The molecule has 0 aliphatic carbocycles. The minimum Gasteiger partial charge on any atom is -0.287 e. The molecule has 0 radical (unpaired) electrons. The summed E-state index contributed by atoms with van der Waals surface area (Å²) in [4.78, 5) is 26.3. The minimum absolute atomic E-state index is 0.174. The summed E-state index contributed by atoms with van der Waals surface area (Å²) >= 11 is 1.36. The minimum atomic E-state index is -0.184. The van der Waals surface area contributed by atoms with Crippen LogP contribution in [0.15, 0.2) is 84.2 Å². The van der Waals surface area contributed by atoms with Crippen molar-refractivity contribution in [1.82, 2.24) is 9.78 Å². The van der Waals surface area contributed by atoms with Gasteiger partial charge in [0, 0.05) is 5.56 Å². The largest absolute Gasteiger partial charge is 0.287 e. The molecule has 0 aliphatic heterocycles. The molecule has 126 valence electrons. The van der Waals surface area contributed by atoms with Crippen LogP contribution in [0.4, 0.5) is 0 Å². The molecule has 0 amide bonds. The highest BCUT2D eigenvalue weighted by Gasteiger charge is 2.22. The molecule has 0 bridgehead atoms. The summed E-state index contributed by atoms with van der Waals surface area (Å²) in [5.74, 6) is -0.357. The van der Waals surface area contributed by atoms with E-state index < -0.39 is 0 Å². The second-order valence-electron chi connectivity index (χ2n) is 5.66. The maximum absolute atomic E-state index is 13.0. The summed E-state index contributed by atoms with van der Waals surface area (Å²) in [6.07, 6.45) is 0. The normalized spacial score (nSPS) is 10.6. The van der Waals surface area contributed by atoms with Crippen LogP contribution >= 0.6 is 11.3 Å². The Hall–Kier alpha value is -3.31. The third kappa shape index (κ3) is 3.00. The van der Waals surface area contributed by atoms with Gasteiger partial charge in [0.15, 0.2) is 0 Å². The van der Waals surface area contributed by atoms with Crippen LogP contribution in [-0.4, -0.2) is 21.3 Å². The monoisotopic (exact) mass is 358 g/mol. The molecule has 2 aromatic heterocycles. The molecule has 26 heavy (non-hydrogen) atoms. The molecular formula is C21H14N2O2S. The molecule has 0 saturated carbocycles. The Morgan fingerprint density at radius 3 is 2.15 bits per heavy atom. The smallest absolute Gasteiger partial charge is 0.223 e. The number of aromatic nitrogens is 2. The number of rotatable bonds is 5. The third-order valence-corrected chi connectivity index (χ3v) is 4.82. The van der Waals surface area contributed by atoms with Crippen LogP contribution in [-0.2, 0) is 0 Å². The van der Waals surface area contributed by atoms with Crippen molar-refractivity contribution >= 4 is 22.9 Å². The number of nitrogens with zero attached hydrogens (tertiary/aromatic N) is 2. The van der Waals surface area contributed by atoms with Crippen LogP contribution in [0.1, 0.15) is 31.4 Å². The van der Waals surface area contributed by atoms with Crippen molar-refractivity contribution in [3.05, 3.63) is 106 Å². The van der Waals surface area contributed by atoms with Gasteiger partial charge in [-0.25, -0.2) is 4.68 Å². The fourth-order valence-corrected chi connectivity index (χ4v) is 3.36. The molecule has 0 N–H and O–H groups in total. The lowest BCUT2D eigenvalue weighted by molar-refractivity contribution is 0.102.